The van der Waals surface area contributed by atoms with Gasteiger partial charge >= 0.3 is 0 Å². The molecule has 0 bridgehead atoms. The van der Waals surface area contributed by atoms with E-state index in [9.17, 15) is 18.0 Å². The summed E-state index contributed by atoms with van der Waals surface area (Å²) in [6, 6.07) is 1.23. The second kappa shape index (κ2) is 6.72. The molecule has 21 heavy (non-hydrogen) atoms. The fourth-order valence-corrected chi connectivity index (χ4v) is 2.44. The summed E-state index contributed by atoms with van der Waals surface area (Å²) >= 11 is 0. The van der Waals surface area contributed by atoms with Crippen LogP contribution in [-0.2, 0) is 21.9 Å². The molecule has 0 spiro atoms. The topological polar surface area (TPSA) is 109 Å². The van der Waals surface area contributed by atoms with Crippen molar-refractivity contribution in [2.45, 2.75) is 25.2 Å². The van der Waals surface area contributed by atoms with E-state index in [1.807, 2.05) is 13.8 Å². The van der Waals surface area contributed by atoms with Gasteiger partial charge in [-0.1, -0.05) is 13.8 Å². The van der Waals surface area contributed by atoms with E-state index in [1.165, 1.54) is 23.9 Å². The third kappa shape index (κ3) is 4.57. The summed E-state index contributed by atoms with van der Waals surface area (Å²) in [5.74, 6) is -0.730. The molecule has 0 saturated carbocycles. The van der Waals surface area contributed by atoms with Gasteiger partial charge in [-0.3, -0.25) is 20.4 Å². The maximum atomic E-state index is 11.9. The van der Waals surface area contributed by atoms with Crippen LogP contribution < -0.4 is 15.6 Å². The number of amides is 2. The number of carbonyl (C=O) groups excluding carboxylic acids is 2. The van der Waals surface area contributed by atoms with Gasteiger partial charge in [0.2, 0.25) is 15.9 Å². The summed E-state index contributed by atoms with van der Waals surface area (Å²) in [6.45, 7) is 3.76. The maximum Gasteiger partial charge on any atom is 0.286 e. The molecule has 0 atom stereocenters. The Morgan fingerprint density at radius 2 is 1.90 bits per heavy atom. The number of hydrogen-bond donors (Lipinski definition) is 3. The molecule has 8 nitrogen and oxygen atoms in total. The fourth-order valence-electron chi connectivity index (χ4n) is 1.64. The summed E-state index contributed by atoms with van der Waals surface area (Å²) in [5.41, 5.74) is 4.66. The van der Waals surface area contributed by atoms with Crippen LogP contribution in [0, 0.1) is 5.92 Å². The van der Waals surface area contributed by atoms with Gasteiger partial charge in [-0.15, -0.1) is 0 Å². The summed E-state index contributed by atoms with van der Waals surface area (Å²) in [7, 11) is -0.792. The number of rotatable bonds is 5. The molecule has 0 radical (unpaired) electrons. The lowest BCUT2D eigenvalue weighted by atomic mass is 10.1. The van der Waals surface area contributed by atoms with Crippen LogP contribution in [-0.4, -0.2) is 31.8 Å². The lowest BCUT2D eigenvalue weighted by Gasteiger charge is -2.09. The van der Waals surface area contributed by atoms with E-state index in [0.717, 1.165) is 0 Å². The van der Waals surface area contributed by atoms with E-state index in [4.69, 9.17) is 0 Å². The maximum absolute atomic E-state index is 11.9. The number of hydrogen-bond acceptors (Lipinski definition) is 4. The largest absolute Gasteiger partial charge is 0.345 e. The van der Waals surface area contributed by atoms with Gasteiger partial charge in [-0.25, -0.2) is 13.1 Å². The van der Waals surface area contributed by atoms with E-state index in [0.29, 0.717) is 0 Å². The monoisotopic (exact) mass is 316 g/mol. The van der Waals surface area contributed by atoms with Crippen LogP contribution in [0.1, 0.15) is 30.8 Å². The minimum absolute atomic E-state index is 0.0221. The first-order valence-corrected chi connectivity index (χ1v) is 7.84. The highest BCUT2D eigenvalue weighted by Gasteiger charge is 2.19. The summed E-state index contributed by atoms with van der Waals surface area (Å²) in [5, 5.41) is 0. The van der Waals surface area contributed by atoms with E-state index in [1.54, 1.807) is 7.05 Å². The second-order valence-electron chi connectivity index (χ2n) is 4.98. The van der Waals surface area contributed by atoms with Gasteiger partial charge in [0.15, 0.2) is 0 Å². The van der Waals surface area contributed by atoms with Crippen molar-refractivity contribution in [1.29, 1.82) is 0 Å². The zero-order chi connectivity index (χ0) is 16.2. The Morgan fingerprint density at radius 1 is 1.29 bits per heavy atom. The van der Waals surface area contributed by atoms with Crippen LogP contribution in [0.3, 0.4) is 0 Å². The van der Waals surface area contributed by atoms with Crippen molar-refractivity contribution in [1.82, 2.24) is 20.1 Å². The van der Waals surface area contributed by atoms with Crippen molar-refractivity contribution in [2.24, 2.45) is 13.0 Å². The Balaban J connectivity index is 2.78. The van der Waals surface area contributed by atoms with Gasteiger partial charge in [-0.05, 0) is 19.0 Å². The number of sulfonamides is 1. The van der Waals surface area contributed by atoms with Crippen molar-refractivity contribution < 1.29 is 18.0 Å². The molecule has 0 aliphatic heterocycles. The van der Waals surface area contributed by atoms with Crippen LogP contribution in [0.4, 0.5) is 0 Å². The molecule has 0 aliphatic rings. The van der Waals surface area contributed by atoms with Crippen LogP contribution in [0.2, 0.25) is 0 Å². The highest BCUT2D eigenvalue weighted by Crippen LogP contribution is 2.12. The smallest absolute Gasteiger partial charge is 0.286 e. The van der Waals surface area contributed by atoms with E-state index in [2.05, 4.69) is 15.6 Å². The predicted molar refractivity (Wildman–Crippen MR) is 76.7 cm³/mol. The zero-order valence-electron chi connectivity index (χ0n) is 12.4. The van der Waals surface area contributed by atoms with E-state index in [-0.39, 0.29) is 28.8 Å². The van der Waals surface area contributed by atoms with Crippen molar-refractivity contribution in [3.05, 3.63) is 18.0 Å². The van der Waals surface area contributed by atoms with E-state index >= 15 is 0 Å². The summed E-state index contributed by atoms with van der Waals surface area (Å²) in [4.78, 5) is 23.3. The van der Waals surface area contributed by atoms with Crippen LogP contribution in [0.25, 0.3) is 0 Å². The van der Waals surface area contributed by atoms with Gasteiger partial charge in [0.25, 0.3) is 5.91 Å². The van der Waals surface area contributed by atoms with Gasteiger partial charge < -0.3 is 4.57 Å². The van der Waals surface area contributed by atoms with Crippen LogP contribution in [0.15, 0.2) is 17.2 Å². The average Bonchev–Trinajstić information content (AvgIpc) is 2.78. The molecule has 9 heteroatoms. The van der Waals surface area contributed by atoms with Crippen LogP contribution >= 0.6 is 0 Å². The number of aromatic nitrogens is 1. The molecular formula is C12H20N4O4S. The minimum atomic E-state index is -3.62. The molecular weight excluding hydrogens is 296 g/mol. The normalized spacial score (nSPS) is 11.5. The van der Waals surface area contributed by atoms with Gasteiger partial charge in [0, 0.05) is 19.7 Å². The summed E-state index contributed by atoms with van der Waals surface area (Å²) in [6.07, 6.45) is 1.60. The van der Waals surface area contributed by atoms with E-state index < -0.39 is 15.9 Å². The molecule has 0 aliphatic carbocycles. The SMILES string of the molecule is CNS(=O)(=O)c1cc(C(=O)NNC(=O)CC(C)C)n(C)c1. The molecule has 0 saturated heterocycles. The van der Waals surface area contributed by atoms with Crippen molar-refractivity contribution in [3.8, 4) is 0 Å². The molecule has 118 valence electrons. The quantitative estimate of drug-likeness (QED) is 0.650. The van der Waals surface area contributed by atoms with Crippen molar-refractivity contribution >= 4 is 21.8 Å². The molecule has 1 aromatic rings. The molecule has 1 rings (SSSR count). The third-order valence-corrected chi connectivity index (χ3v) is 4.08. The second-order valence-corrected chi connectivity index (χ2v) is 6.87. The molecule has 2 amide bonds. The number of hydrazine groups is 1. The minimum Gasteiger partial charge on any atom is -0.345 e. The molecule has 3 N–H and O–H groups in total. The first kappa shape index (κ1) is 17.2. The lowest BCUT2D eigenvalue weighted by Crippen LogP contribution is -2.42. The van der Waals surface area contributed by atoms with Gasteiger partial charge in [0.1, 0.15) is 10.6 Å². The molecule has 1 heterocycles. The highest BCUT2D eigenvalue weighted by atomic mass is 32.2. The molecule has 0 unspecified atom stereocenters. The number of carbonyl (C=O) groups is 2. The molecule has 1 aromatic heterocycles. The zero-order valence-corrected chi connectivity index (χ0v) is 13.2. The first-order valence-electron chi connectivity index (χ1n) is 6.36. The Morgan fingerprint density at radius 3 is 2.43 bits per heavy atom. The fraction of sp³-hybridized carbons (Fsp3) is 0.500. The predicted octanol–water partition coefficient (Wildman–Crippen LogP) is -0.260. The standard InChI is InChI=1S/C12H20N4O4S/c1-8(2)5-11(17)14-15-12(18)10-6-9(7-16(10)4)21(19,20)13-3/h6-8,13H,5H2,1-4H3,(H,14,17)(H,15,18). The van der Waals surface area contributed by atoms with Gasteiger partial charge in [0.05, 0.1) is 0 Å². The number of aryl methyl sites for hydroxylation is 1. The van der Waals surface area contributed by atoms with Crippen molar-refractivity contribution in [2.75, 3.05) is 7.05 Å². The molecule has 0 fully saturated rings. The van der Waals surface area contributed by atoms with Gasteiger partial charge in [-0.2, -0.15) is 0 Å². The highest BCUT2D eigenvalue weighted by molar-refractivity contribution is 7.89. The first-order chi connectivity index (χ1) is 9.67. The Kier molecular flexibility index (Phi) is 5.50. The number of nitrogens with one attached hydrogen (secondary N) is 3. The van der Waals surface area contributed by atoms with Crippen molar-refractivity contribution in [3.63, 3.8) is 0 Å². The Bertz CT molecular complexity index is 634. The number of nitrogens with zero attached hydrogens (tertiary/aromatic N) is 1. The summed E-state index contributed by atoms with van der Waals surface area (Å²) < 4.78 is 26.8. The third-order valence-electron chi connectivity index (χ3n) is 2.70. The van der Waals surface area contributed by atoms with Crippen LogP contribution in [0.5, 0.6) is 0 Å². The molecule has 0 aromatic carbocycles. The average molecular weight is 316 g/mol. The Labute approximate surface area is 123 Å². The lowest BCUT2D eigenvalue weighted by molar-refractivity contribution is -0.122. The Hall–Kier alpha value is -1.87.